The predicted octanol–water partition coefficient (Wildman–Crippen LogP) is 3.33. The van der Waals surface area contributed by atoms with Crippen molar-refractivity contribution < 1.29 is 4.79 Å². The van der Waals surface area contributed by atoms with E-state index in [1.54, 1.807) is 11.8 Å². The second kappa shape index (κ2) is 6.69. The van der Waals surface area contributed by atoms with Gasteiger partial charge in [0.05, 0.1) is 16.3 Å². The molecule has 0 unspecified atom stereocenters. The van der Waals surface area contributed by atoms with E-state index in [4.69, 9.17) is 0 Å². The molecule has 1 amide bonds. The summed E-state index contributed by atoms with van der Waals surface area (Å²) < 4.78 is 0. The van der Waals surface area contributed by atoms with Crippen LogP contribution in [0.5, 0.6) is 0 Å². The first-order valence-electron chi connectivity index (χ1n) is 8.25. The van der Waals surface area contributed by atoms with Crippen LogP contribution in [-0.2, 0) is 17.6 Å². The van der Waals surface area contributed by atoms with E-state index in [0.717, 1.165) is 36.1 Å². The number of carbonyl (C=O) groups is 1. The maximum atomic E-state index is 12.3. The van der Waals surface area contributed by atoms with Gasteiger partial charge in [-0.25, -0.2) is 4.98 Å². The Bertz CT molecular complexity index is 816. The maximum Gasteiger partial charge on any atom is 0.233 e. The number of aryl methyl sites for hydroxylation is 1. The van der Waals surface area contributed by atoms with E-state index < -0.39 is 0 Å². The van der Waals surface area contributed by atoms with Crippen molar-refractivity contribution in [3.8, 4) is 0 Å². The summed E-state index contributed by atoms with van der Waals surface area (Å²) in [4.78, 5) is 21.4. The Kier molecular flexibility index (Phi) is 4.26. The first kappa shape index (κ1) is 15.3. The van der Waals surface area contributed by atoms with Crippen LogP contribution in [0, 0.1) is 0 Å². The van der Waals surface area contributed by atoms with Gasteiger partial charge < -0.3 is 10.3 Å². The van der Waals surface area contributed by atoms with Crippen LogP contribution in [-0.4, -0.2) is 27.7 Å². The molecular weight excluding hydrogens is 318 g/mol. The molecule has 0 saturated carbocycles. The molecule has 0 fully saturated rings. The van der Waals surface area contributed by atoms with Crippen molar-refractivity contribution >= 4 is 28.7 Å². The molecule has 1 aromatic heterocycles. The van der Waals surface area contributed by atoms with Crippen molar-refractivity contribution in [3.05, 3.63) is 59.9 Å². The zero-order valence-corrected chi connectivity index (χ0v) is 14.1. The predicted molar refractivity (Wildman–Crippen MR) is 97.2 cm³/mol. The van der Waals surface area contributed by atoms with Gasteiger partial charge in [-0.15, -0.1) is 11.8 Å². The van der Waals surface area contributed by atoms with E-state index in [-0.39, 0.29) is 11.2 Å². The Morgan fingerprint density at radius 3 is 2.92 bits per heavy atom. The number of fused-ring (bicyclic) bond motifs is 2. The van der Waals surface area contributed by atoms with Gasteiger partial charge >= 0.3 is 0 Å². The summed E-state index contributed by atoms with van der Waals surface area (Å²) >= 11 is 1.67. The Morgan fingerprint density at radius 2 is 2.04 bits per heavy atom. The van der Waals surface area contributed by atoms with Crippen molar-refractivity contribution in [1.82, 2.24) is 15.3 Å². The molecule has 0 spiro atoms. The topological polar surface area (TPSA) is 57.8 Å². The molecule has 4 rings (SSSR count). The molecule has 1 aliphatic rings. The lowest BCUT2D eigenvalue weighted by Crippen LogP contribution is -2.33. The number of carbonyl (C=O) groups excluding carboxylic acids is 1. The number of para-hydroxylation sites is 2. The molecule has 24 heavy (non-hydrogen) atoms. The lowest BCUT2D eigenvalue weighted by Gasteiger charge is -2.09. The molecule has 1 aliphatic heterocycles. The van der Waals surface area contributed by atoms with Gasteiger partial charge in [0.25, 0.3) is 0 Å². The summed E-state index contributed by atoms with van der Waals surface area (Å²) in [5.41, 5.74) is 3.35. The van der Waals surface area contributed by atoms with Gasteiger partial charge in [0.1, 0.15) is 5.82 Å². The number of benzene rings is 2. The summed E-state index contributed by atoms with van der Waals surface area (Å²) in [5, 5.41) is 3.07. The molecular formula is C19H19N3OS. The van der Waals surface area contributed by atoms with Crippen LogP contribution in [0.4, 0.5) is 0 Å². The normalized spacial score (nSPS) is 16.2. The van der Waals surface area contributed by atoms with Gasteiger partial charge in [-0.1, -0.05) is 30.3 Å². The average Bonchev–Trinajstić information content (AvgIpc) is 3.21. The highest BCUT2D eigenvalue weighted by Gasteiger charge is 2.27. The number of nitrogens with one attached hydrogen (secondary N) is 2. The number of aromatic nitrogens is 2. The van der Waals surface area contributed by atoms with Gasteiger partial charge in [0, 0.05) is 17.9 Å². The first-order valence-corrected chi connectivity index (χ1v) is 9.13. The third kappa shape index (κ3) is 3.17. The Labute approximate surface area is 145 Å². The maximum absolute atomic E-state index is 12.3. The molecule has 3 aromatic rings. The van der Waals surface area contributed by atoms with Crippen LogP contribution in [0.15, 0.2) is 53.4 Å². The Morgan fingerprint density at radius 1 is 1.21 bits per heavy atom. The molecule has 1 atom stereocenters. The number of rotatable bonds is 5. The molecule has 5 heteroatoms. The van der Waals surface area contributed by atoms with Gasteiger partial charge in [0.2, 0.25) is 5.91 Å². The van der Waals surface area contributed by atoms with Gasteiger partial charge in [-0.2, -0.15) is 0 Å². The fraction of sp³-hybridized carbons (Fsp3) is 0.263. The second-order valence-electron chi connectivity index (χ2n) is 6.01. The monoisotopic (exact) mass is 337 g/mol. The Hall–Kier alpha value is -2.27. The summed E-state index contributed by atoms with van der Waals surface area (Å²) in [6, 6.07) is 16.3. The minimum Gasteiger partial charge on any atom is -0.355 e. The standard InChI is InChI=1S/C19H19N3OS/c23-19(17-12-13-6-1-4-9-16(13)24-17)20-11-5-10-18-21-14-7-2-3-8-15(14)22-18/h1-4,6-9,17H,5,10-12H2,(H,20,23)(H,21,22)/t17-/m0/s1. The number of H-pyrrole nitrogens is 1. The quantitative estimate of drug-likeness (QED) is 0.702. The van der Waals surface area contributed by atoms with E-state index in [1.807, 2.05) is 36.4 Å². The van der Waals surface area contributed by atoms with Crippen LogP contribution in [0.25, 0.3) is 11.0 Å². The number of amides is 1. The molecule has 2 heterocycles. The van der Waals surface area contributed by atoms with Crippen molar-refractivity contribution in [2.75, 3.05) is 6.54 Å². The summed E-state index contributed by atoms with van der Waals surface area (Å²) in [6.07, 6.45) is 2.55. The first-order chi connectivity index (χ1) is 11.8. The van der Waals surface area contributed by atoms with E-state index >= 15 is 0 Å². The minimum absolute atomic E-state index is 0.00796. The van der Waals surface area contributed by atoms with E-state index in [2.05, 4.69) is 27.4 Å². The van der Waals surface area contributed by atoms with Crippen LogP contribution < -0.4 is 5.32 Å². The summed E-state index contributed by atoms with van der Waals surface area (Å²) in [5.74, 6) is 1.12. The average molecular weight is 337 g/mol. The Balaban J connectivity index is 1.25. The molecule has 0 radical (unpaired) electrons. The molecule has 0 aliphatic carbocycles. The number of nitrogens with zero attached hydrogens (tertiary/aromatic N) is 1. The molecule has 0 bridgehead atoms. The van der Waals surface area contributed by atoms with Gasteiger partial charge in [0.15, 0.2) is 0 Å². The highest BCUT2D eigenvalue weighted by atomic mass is 32.2. The molecule has 2 N–H and O–H groups in total. The van der Waals surface area contributed by atoms with Crippen molar-refractivity contribution in [2.45, 2.75) is 29.4 Å². The molecule has 122 valence electrons. The third-order valence-electron chi connectivity index (χ3n) is 4.27. The lowest BCUT2D eigenvalue weighted by molar-refractivity contribution is -0.120. The van der Waals surface area contributed by atoms with E-state index in [1.165, 1.54) is 10.5 Å². The summed E-state index contributed by atoms with van der Waals surface area (Å²) in [7, 11) is 0. The van der Waals surface area contributed by atoms with E-state index in [0.29, 0.717) is 6.54 Å². The fourth-order valence-corrected chi connectivity index (χ4v) is 4.25. The SMILES string of the molecule is O=C(NCCCc1nc2ccccc2[nH]1)[C@@H]1Cc2ccccc2S1. The van der Waals surface area contributed by atoms with Crippen molar-refractivity contribution in [1.29, 1.82) is 0 Å². The summed E-state index contributed by atoms with van der Waals surface area (Å²) in [6.45, 7) is 0.684. The highest BCUT2D eigenvalue weighted by Crippen LogP contribution is 2.36. The number of hydrogen-bond donors (Lipinski definition) is 2. The second-order valence-corrected chi connectivity index (χ2v) is 7.26. The van der Waals surface area contributed by atoms with Gasteiger partial charge in [-0.05, 0) is 36.6 Å². The fourth-order valence-electron chi connectivity index (χ4n) is 3.03. The number of imidazole rings is 1. The zero-order valence-electron chi connectivity index (χ0n) is 13.3. The van der Waals surface area contributed by atoms with Crippen molar-refractivity contribution in [2.24, 2.45) is 0 Å². The highest BCUT2D eigenvalue weighted by molar-refractivity contribution is 8.01. The van der Waals surface area contributed by atoms with Gasteiger partial charge in [-0.3, -0.25) is 4.79 Å². The smallest absolute Gasteiger partial charge is 0.233 e. The third-order valence-corrected chi connectivity index (χ3v) is 5.59. The molecule has 2 aromatic carbocycles. The lowest BCUT2D eigenvalue weighted by atomic mass is 10.1. The van der Waals surface area contributed by atoms with Crippen LogP contribution >= 0.6 is 11.8 Å². The molecule has 0 saturated heterocycles. The van der Waals surface area contributed by atoms with E-state index in [9.17, 15) is 4.79 Å². The number of aromatic amines is 1. The number of thioether (sulfide) groups is 1. The van der Waals surface area contributed by atoms with Crippen molar-refractivity contribution in [3.63, 3.8) is 0 Å². The van der Waals surface area contributed by atoms with Crippen LogP contribution in [0.1, 0.15) is 17.8 Å². The zero-order chi connectivity index (χ0) is 16.4. The molecule has 4 nitrogen and oxygen atoms in total. The van der Waals surface area contributed by atoms with Crippen LogP contribution in [0.3, 0.4) is 0 Å². The number of hydrogen-bond acceptors (Lipinski definition) is 3. The minimum atomic E-state index is 0.00796. The largest absolute Gasteiger partial charge is 0.355 e. The van der Waals surface area contributed by atoms with Crippen LogP contribution in [0.2, 0.25) is 0 Å².